The van der Waals surface area contributed by atoms with E-state index < -0.39 is 35.6 Å². The van der Waals surface area contributed by atoms with E-state index in [-0.39, 0.29) is 41.4 Å². The van der Waals surface area contributed by atoms with Gasteiger partial charge in [0.2, 0.25) is 0 Å². The first-order valence-electron chi connectivity index (χ1n) is 9.05. The molecule has 1 aromatic rings. The Hall–Kier alpha value is -1.82. The van der Waals surface area contributed by atoms with Gasteiger partial charge in [0.25, 0.3) is 0 Å². The normalized spacial score (nSPS) is 20.3. The molecule has 0 radical (unpaired) electrons. The van der Waals surface area contributed by atoms with E-state index in [2.05, 4.69) is 0 Å². The molecular formula is C21H27F3O3. The van der Waals surface area contributed by atoms with Crippen LogP contribution in [0.15, 0.2) is 11.6 Å². The van der Waals surface area contributed by atoms with E-state index in [1.807, 2.05) is 33.8 Å². The number of carbonyl (C=O) groups excluding carboxylic acids is 1. The maximum absolute atomic E-state index is 14.6. The van der Waals surface area contributed by atoms with Gasteiger partial charge < -0.3 is 9.47 Å². The number of esters is 1. The fraction of sp³-hybridized carbons (Fsp3) is 0.571. The maximum atomic E-state index is 14.6. The third-order valence-corrected chi connectivity index (χ3v) is 5.30. The summed E-state index contributed by atoms with van der Waals surface area (Å²) in [5, 5.41) is 0. The lowest BCUT2D eigenvalue weighted by Crippen LogP contribution is -2.15. The first kappa shape index (κ1) is 21.5. The molecule has 150 valence electrons. The fourth-order valence-electron chi connectivity index (χ4n) is 3.63. The number of ether oxygens (including phenoxy) is 2. The number of benzene rings is 1. The molecule has 0 unspecified atom stereocenters. The van der Waals surface area contributed by atoms with E-state index in [1.54, 1.807) is 6.92 Å². The molecule has 1 aliphatic rings. The number of carbonyl (C=O) groups is 1. The van der Waals surface area contributed by atoms with Gasteiger partial charge in [-0.05, 0) is 37.2 Å². The van der Waals surface area contributed by atoms with Crippen molar-refractivity contribution >= 4 is 5.97 Å². The third-order valence-electron chi connectivity index (χ3n) is 5.30. The van der Waals surface area contributed by atoms with Crippen molar-refractivity contribution in [3.8, 4) is 0 Å². The van der Waals surface area contributed by atoms with E-state index in [9.17, 15) is 18.0 Å². The second-order valence-corrected chi connectivity index (χ2v) is 7.84. The van der Waals surface area contributed by atoms with E-state index in [1.165, 1.54) is 7.11 Å². The molecule has 2 atom stereocenters. The van der Waals surface area contributed by atoms with Crippen molar-refractivity contribution in [1.29, 1.82) is 0 Å². The summed E-state index contributed by atoms with van der Waals surface area (Å²) in [5.74, 6) is -4.12. The van der Waals surface area contributed by atoms with Gasteiger partial charge >= 0.3 is 5.97 Å². The molecule has 3 nitrogen and oxygen atoms in total. The number of allylic oxidation sites excluding steroid dienone is 2. The molecular weight excluding hydrogens is 357 g/mol. The van der Waals surface area contributed by atoms with Crippen molar-refractivity contribution < 1.29 is 27.4 Å². The lowest BCUT2D eigenvalue weighted by Gasteiger charge is -2.15. The highest BCUT2D eigenvalue weighted by Crippen LogP contribution is 2.59. The standard InChI is InChI=1S/C21H27F3O3/c1-7-12-13(18(23)19(24)14(9-26-6)17(12)22)10-27-20(25)16-15(8-11(2)3)21(16,4)5/h8,15-16H,7,9-10H2,1-6H3/t15-,16+/m1/s1. The van der Waals surface area contributed by atoms with Gasteiger partial charge in [-0.25, -0.2) is 13.2 Å². The minimum atomic E-state index is -1.30. The van der Waals surface area contributed by atoms with Crippen LogP contribution in [0, 0.1) is 34.7 Å². The molecule has 2 rings (SSSR count). The second-order valence-electron chi connectivity index (χ2n) is 7.84. The predicted molar refractivity (Wildman–Crippen MR) is 96.4 cm³/mol. The van der Waals surface area contributed by atoms with E-state index in [0.29, 0.717) is 0 Å². The number of halogens is 3. The molecule has 27 heavy (non-hydrogen) atoms. The Morgan fingerprint density at radius 1 is 1.04 bits per heavy atom. The van der Waals surface area contributed by atoms with Crippen LogP contribution < -0.4 is 0 Å². The molecule has 0 amide bonds. The molecule has 0 saturated heterocycles. The average Bonchev–Trinajstić information content (AvgIpc) is 3.12. The van der Waals surface area contributed by atoms with Crippen molar-refractivity contribution in [2.75, 3.05) is 7.11 Å². The lowest BCUT2D eigenvalue weighted by molar-refractivity contribution is -0.147. The van der Waals surface area contributed by atoms with Gasteiger partial charge in [0, 0.05) is 12.7 Å². The fourth-order valence-corrected chi connectivity index (χ4v) is 3.63. The third kappa shape index (κ3) is 4.05. The SMILES string of the molecule is CCc1c(F)c(COC)c(F)c(F)c1COC(=O)[C@@H]1[C@@H](C=C(C)C)C1(C)C. The number of hydrogen-bond acceptors (Lipinski definition) is 3. The zero-order valence-electron chi connectivity index (χ0n) is 16.7. The van der Waals surface area contributed by atoms with Crippen molar-refractivity contribution in [3.05, 3.63) is 45.8 Å². The summed E-state index contributed by atoms with van der Waals surface area (Å²) < 4.78 is 53.3. The van der Waals surface area contributed by atoms with Gasteiger partial charge in [-0.2, -0.15) is 0 Å². The molecule has 0 spiro atoms. The number of hydrogen-bond donors (Lipinski definition) is 0. The Morgan fingerprint density at radius 2 is 1.63 bits per heavy atom. The van der Waals surface area contributed by atoms with Crippen LogP contribution in [0.25, 0.3) is 0 Å². The molecule has 0 aromatic heterocycles. The molecule has 1 fully saturated rings. The summed E-state index contributed by atoms with van der Waals surface area (Å²) in [6.45, 7) is 8.58. The Kier molecular flexibility index (Phi) is 6.40. The predicted octanol–water partition coefficient (Wildman–Crippen LogP) is 5.09. The lowest BCUT2D eigenvalue weighted by atomic mass is 10.00. The highest BCUT2D eigenvalue weighted by Gasteiger charge is 2.61. The van der Waals surface area contributed by atoms with Crippen LogP contribution in [0.3, 0.4) is 0 Å². The Balaban J connectivity index is 2.24. The van der Waals surface area contributed by atoms with Crippen LogP contribution in [0.1, 0.15) is 51.3 Å². The second kappa shape index (κ2) is 8.05. The first-order valence-corrected chi connectivity index (χ1v) is 9.05. The van der Waals surface area contributed by atoms with Crippen LogP contribution in [0.4, 0.5) is 13.2 Å². The summed E-state index contributed by atoms with van der Waals surface area (Å²) in [6.07, 6.45) is 2.16. The number of rotatable bonds is 7. The zero-order valence-corrected chi connectivity index (χ0v) is 16.7. The van der Waals surface area contributed by atoms with Crippen molar-refractivity contribution in [3.63, 3.8) is 0 Å². The minimum absolute atomic E-state index is 0.00431. The van der Waals surface area contributed by atoms with Gasteiger partial charge in [0.1, 0.15) is 12.4 Å². The molecule has 1 aliphatic carbocycles. The van der Waals surface area contributed by atoms with E-state index >= 15 is 0 Å². The minimum Gasteiger partial charge on any atom is -0.460 e. The molecule has 1 aromatic carbocycles. The summed E-state index contributed by atoms with van der Waals surface area (Å²) in [7, 11) is 1.28. The molecule has 6 heteroatoms. The van der Waals surface area contributed by atoms with Gasteiger partial charge in [-0.3, -0.25) is 4.79 Å². The first-order chi connectivity index (χ1) is 12.6. The van der Waals surface area contributed by atoms with Gasteiger partial charge in [-0.15, -0.1) is 0 Å². The van der Waals surface area contributed by atoms with Gasteiger partial charge in [0.15, 0.2) is 11.6 Å². The maximum Gasteiger partial charge on any atom is 0.310 e. The topological polar surface area (TPSA) is 35.5 Å². The summed E-state index contributed by atoms with van der Waals surface area (Å²) in [6, 6.07) is 0. The van der Waals surface area contributed by atoms with Crippen molar-refractivity contribution in [2.24, 2.45) is 17.3 Å². The zero-order chi connectivity index (χ0) is 20.5. The quantitative estimate of drug-likeness (QED) is 0.373. The van der Waals surface area contributed by atoms with Crippen molar-refractivity contribution in [1.82, 2.24) is 0 Å². The monoisotopic (exact) mass is 384 g/mol. The Morgan fingerprint density at radius 3 is 2.15 bits per heavy atom. The van der Waals surface area contributed by atoms with E-state index in [4.69, 9.17) is 9.47 Å². The number of methoxy groups -OCH3 is 1. The van der Waals surface area contributed by atoms with Crippen molar-refractivity contribution in [2.45, 2.75) is 54.3 Å². The molecule has 0 bridgehead atoms. The summed E-state index contributed by atoms with van der Waals surface area (Å²) in [4.78, 5) is 12.5. The smallest absolute Gasteiger partial charge is 0.310 e. The van der Waals surface area contributed by atoms with Gasteiger partial charge in [-0.1, -0.05) is 32.4 Å². The average molecular weight is 384 g/mol. The largest absolute Gasteiger partial charge is 0.460 e. The Bertz CT molecular complexity index is 765. The van der Waals surface area contributed by atoms with Crippen LogP contribution in [-0.2, 0) is 33.9 Å². The molecule has 0 heterocycles. The van der Waals surface area contributed by atoms with E-state index in [0.717, 1.165) is 5.57 Å². The van der Waals surface area contributed by atoms with Gasteiger partial charge in [0.05, 0.1) is 18.1 Å². The molecule has 0 aliphatic heterocycles. The summed E-state index contributed by atoms with van der Waals surface area (Å²) in [5.41, 5.74) is 0.149. The Labute approximate surface area is 158 Å². The highest BCUT2D eigenvalue weighted by molar-refractivity contribution is 5.78. The molecule has 1 saturated carbocycles. The highest BCUT2D eigenvalue weighted by atomic mass is 19.2. The van der Waals surface area contributed by atoms with Crippen LogP contribution >= 0.6 is 0 Å². The van der Waals surface area contributed by atoms with Crippen LogP contribution in [0.2, 0.25) is 0 Å². The summed E-state index contributed by atoms with van der Waals surface area (Å²) >= 11 is 0. The van der Waals surface area contributed by atoms with Crippen LogP contribution in [0.5, 0.6) is 0 Å². The molecule has 0 N–H and O–H groups in total. The van der Waals surface area contributed by atoms with Crippen LogP contribution in [-0.4, -0.2) is 13.1 Å².